The van der Waals surface area contributed by atoms with Crippen LogP contribution in [0.5, 0.6) is 0 Å². The monoisotopic (exact) mass is 529 g/mol. The number of thiazole rings is 1. The van der Waals surface area contributed by atoms with Crippen molar-refractivity contribution in [3.8, 4) is 11.1 Å². The summed E-state index contributed by atoms with van der Waals surface area (Å²) in [7, 11) is 0. The van der Waals surface area contributed by atoms with Crippen molar-refractivity contribution in [2.45, 2.75) is 57.5 Å². The molecule has 1 aliphatic heterocycles. The van der Waals surface area contributed by atoms with Crippen molar-refractivity contribution >= 4 is 28.8 Å². The Morgan fingerprint density at radius 1 is 1.08 bits per heavy atom. The summed E-state index contributed by atoms with van der Waals surface area (Å²) in [4.78, 5) is 31.9. The number of para-hydroxylation sites is 1. The summed E-state index contributed by atoms with van der Waals surface area (Å²) >= 11 is 1.43. The molecule has 2 heterocycles. The number of halogens is 3. The van der Waals surface area contributed by atoms with Gasteiger partial charge in [-0.2, -0.15) is 13.2 Å². The smallest absolute Gasteiger partial charge is 0.343 e. The molecule has 2 amide bonds. The van der Waals surface area contributed by atoms with Crippen LogP contribution in [0.3, 0.4) is 0 Å². The molecule has 1 aliphatic rings. The van der Waals surface area contributed by atoms with Crippen LogP contribution in [-0.2, 0) is 11.0 Å². The predicted octanol–water partition coefficient (Wildman–Crippen LogP) is 7.37. The molecule has 0 bridgehead atoms. The van der Waals surface area contributed by atoms with E-state index in [-0.39, 0.29) is 17.5 Å². The van der Waals surface area contributed by atoms with Gasteiger partial charge in [0.05, 0.1) is 10.6 Å². The molecule has 2 aromatic carbocycles. The number of anilines is 1. The average molecular weight is 530 g/mol. The molecule has 4 rings (SSSR count). The fourth-order valence-electron chi connectivity index (χ4n) is 4.53. The maximum Gasteiger partial charge on any atom is 0.416 e. The quantitative estimate of drug-likeness (QED) is 0.310. The zero-order valence-corrected chi connectivity index (χ0v) is 21.5. The van der Waals surface area contributed by atoms with E-state index in [1.54, 1.807) is 35.7 Å². The van der Waals surface area contributed by atoms with Crippen LogP contribution >= 0.6 is 11.3 Å². The van der Waals surface area contributed by atoms with Gasteiger partial charge in [0.1, 0.15) is 5.69 Å². The molecule has 9 heteroatoms. The average Bonchev–Trinajstić information content (AvgIpc) is 3.39. The van der Waals surface area contributed by atoms with Gasteiger partial charge in [0.25, 0.3) is 5.91 Å². The highest BCUT2D eigenvalue weighted by atomic mass is 32.1. The zero-order chi connectivity index (χ0) is 26.4. The molecule has 1 N–H and O–H groups in total. The molecule has 196 valence electrons. The number of amides is 2. The Balaban J connectivity index is 1.40. The molecule has 0 atom stereocenters. The van der Waals surface area contributed by atoms with Gasteiger partial charge in [0.15, 0.2) is 0 Å². The van der Waals surface area contributed by atoms with Crippen molar-refractivity contribution < 1.29 is 22.8 Å². The van der Waals surface area contributed by atoms with Gasteiger partial charge in [0, 0.05) is 42.1 Å². The second-order valence-corrected chi connectivity index (χ2v) is 10.2. The third-order valence-electron chi connectivity index (χ3n) is 6.62. The van der Waals surface area contributed by atoms with Crippen molar-refractivity contribution in [1.29, 1.82) is 0 Å². The van der Waals surface area contributed by atoms with Gasteiger partial charge >= 0.3 is 6.18 Å². The number of benzene rings is 2. The summed E-state index contributed by atoms with van der Waals surface area (Å²) in [6.07, 6.45) is 0.852. The van der Waals surface area contributed by atoms with E-state index in [4.69, 9.17) is 0 Å². The molecule has 0 saturated carbocycles. The fraction of sp³-hybridized carbons (Fsp3) is 0.393. The van der Waals surface area contributed by atoms with E-state index < -0.39 is 17.6 Å². The normalized spacial score (nSPS) is 14.5. The van der Waals surface area contributed by atoms with Crippen LogP contribution < -0.4 is 5.32 Å². The standard InChI is InChI=1S/C28H30F3N3O2S/c1-2-3-4-12-25(35)34-15-13-19(14-16-34)27-33-24(18-37-27)26(36)32-23-11-6-5-10-22(23)20-8-7-9-21(17-20)28(29,30)31/h5-11,17-19H,2-4,12-16H2,1H3,(H,32,36). The van der Waals surface area contributed by atoms with Crippen LogP contribution in [0.15, 0.2) is 53.9 Å². The Hall–Kier alpha value is -3.20. The molecular formula is C28H30F3N3O2S. The second kappa shape index (κ2) is 11.9. The predicted molar refractivity (Wildman–Crippen MR) is 140 cm³/mol. The summed E-state index contributed by atoms with van der Waals surface area (Å²) in [6.45, 7) is 3.51. The van der Waals surface area contributed by atoms with Gasteiger partial charge in [0.2, 0.25) is 5.91 Å². The second-order valence-electron chi connectivity index (χ2n) is 9.26. The summed E-state index contributed by atoms with van der Waals surface area (Å²) in [5.74, 6) is -0.000332. The minimum atomic E-state index is -4.45. The first-order valence-electron chi connectivity index (χ1n) is 12.6. The van der Waals surface area contributed by atoms with Crippen LogP contribution in [0.4, 0.5) is 18.9 Å². The molecule has 0 spiro atoms. The largest absolute Gasteiger partial charge is 0.416 e. The Morgan fingerprint density at radius 2 is 1.84 bits per heavy atom. The number of aromatic nitrogens is 1. The highest BCUT2D eigenvalue weighted by Crippen LogP contribution is 2.35. The lowest BCUT2D eigenvalue weighted by molar-refractivity contribution is -0.137. The van der Waals surface area contributed by atoms with Crippen LogP contribution in [-0.4, -0.2) is 34.8 Å². The molecule has 3 aromatic rings. The summed E-state index contributed by atoms with van der Waals surface area (Å²) < 4.78 is 39.6. The minimum absolute atomic E-state index is 0.198. The van der Waals surface area contributed by atoms with E-state index >= 15 is 0 Å². The summed E-state index contributed by atoms with van der Waals surface area (Å²) in [6, 6.07) is 11.8. The number of hydrogen-bond acceptors (Lipinski definition) is 4. The van der Waals surface area contributed by atoms with E-state index in [0.717, 1.165) is 49.2 Å². The highest BCUT2D eigenvalue weighted by Gasteiger charge is 2.31. The van der Waals surface area contributed by atoms with Crippen molar-refractivity contribution in [2.75, 3.05) is 18.4 Å². The summed E-state index contributed by atoms with van der Waals surface area (Å²) in [5.41, 5.74) is 0.797. The molecule has 0 radical (unpaired) electrons. The van der Waals surface area contributed by atoms with E-state index in [1.807, 2.05) is 4.90 Å². The number of unbranched alkanes of at least 4 members (excludes halogenated alkanes) is 2. The number of rotatable bonds is 8. The Bertz CT molecular complexity index is 1230. The molecule has 0 aliphatic carbocycles. The van der Waals surface area contributed by atoms with Crippen molar-refractivity contribution in [1.82, 2.24) is 9.88 Å². The molecule has 5 nitrogen and oxygen atoms in total. The first kappa shape index (κ1) is 26.9. The number of hydrogen-bond donors (Lipinski definition) is 1. The maximum absolute atomic E-state index is 13.2. The lowest BCUT2D eigenvalue weighted by Gasteiger charge is -2.31. The van der Waals surface area contributed by atoms with E-state index in [0.29, 0.717) is 36.3 Å². The molecule has 1 fully saturated rings. The number of piperidine rings is 1. The number of nitrogens with one attached hydrogen (secondary N) is 1. The van der Waals surface area contributed by atoms with Gasteiger partial charge in [-0.05, 0) is 43.0 Å². The van der Waals surface area contributed by atoms with Gasteiger partial charge in [-0.1, -0.05) is 50.1 Å². The van der Waals surface area contributed by atoms with Crippen LogP contribution in [0, 0.1) is 0 Å². The molecule has 0 unspecified atom stereocenters. The van der Waals surface area contributed by atoms with Gasteiger partial charge in [-0.15, -0.1) is 11.3 Å². The highest BCUT2D eigenvalue weighted by molar-refractivity contribution is 7.10. The minimum Gasteiger partial charge on any atom is -0.343 e. The van der Waals surface area contributed by atoms with E-state index in [2.05, 4.69) is 17.2 Å². The van der Waals surface area contributed by atoms with Crippen molar-refractivity contribution in [2.24, 2.45) is 0 Å². The van der Waals surface area contributed by atoms with Crippen molar-refractivity contribution in [3.63, 3.8) is 0 Å². The number of carbonyl (C=O) groups excluding carboxylic acids is 2. The topological polar surface area (TPSA) is 62.3 Å². The van der Waals surface area contributed by atoms with Crippen molar-refractivity contribution in [3.05, 3.63) is 70.2 Å². The zero-order valence-electron chi connectivity index (χ0n) is 20.7. The van der Waals surface area contributed by atoms with E-state index in [9.17, 15) is 22.8 Å². The number of carbonyl (C=O) groups is 2. The molecular weight excluding hydrogens is 499 g/mol. The Morgan fingerprint density at radius 3 is 2.57 bits per heavy atom. The third-order valence-corrected chi connectivity index (χ3v) is 7.63. The first-order chi connectivity index (χ1) is 17.8. The van der Waals surface area contributed by atoms with Crippen LogP contribution in [0.2, 0.25) is 0 Å². The van der Waals surface area contributed by atoms with Gasteiger partial charge < -0.3 is 10.2 Å². The van der Waals surface area contributed by atoms with Gasteiger partial charge in [-0.3, -0.25) is 9.59 Å². The number of likely N-dealkylation sites (tertiary alicyclic amines) is 1. The molecule has 1 saturated heterocycles. The van der Waals surface area contributed by atoms with Crippen LogP contribution in [0.25, 0.3) is 11.1 Å². The molecule has 37 heavy (non-hydrogen) atoms. The third kappa shape index (κ3) is 6.77. The number of nitrogens with zero attached hydrogens (tertiary/aromatic N) is 2. The first-order valence-corrected chi connectivity index (χ1v) is 13.5. The van der Waals surface area contributed by atoms with Gasteiger partial charge in [-0.25, -0.2) is 4.98 Å². The van der Waals surface area contributed by atoms with Crippen LogP contribution in [0.1, 0.15) is 72.4 Å². The number of alkyl halides is 3. The Kier molecular flexibility index (Phi) is 8.63. The lowest BCUT2D eigenvalue weighted by Crippen LogP contribution is -2.37. The SMILES string of the molecule is CCCCCC(=O)N1CCC(c2nc(C(=O)Nc3ccccc3-c3cccc(C(F)(F)F)c3)cs2)CC1. The maximum atomic E-state index is 13.2. The Labute approximate surface area is 218 Å². The van der Waals surface area contributed by atoms with E-state index in [1.165, 1.54) is 17.4 Å². The lowest BCUT2D eigenvalue weighted by atomic mass is 9.97. The molecule has 1 aromatic heterocycles. The fourth-order valence-corrected chi connectivity index (χ4v) is 5.50. The summed E-state index contributed by atoms with van der Waals surface area (Å²) in [5, 5.41) is 5.40.